The number of carbonyl (C=O) groups is 1. The fraction of sp³-hybridized carbons (Fsp3) is 0.231. The smallest absolute Gasteiger partial charge is 0.339 e. The highest BCUT2D eigenvalue weighted by atomic mass is 35.5. The van der Waals surface area contributed by atoms with E-state index in [2.05, 4.69) is 5.10 Å². The van der Waals surface area contributed by atoms with Crippen molar-refractivity contribution in [2.45, 2.75) is 11.5 Å². The zero-order valence-corrected chi connectivity index (χ0v) is 12.3. The molecule has 0 saturated carbocycles. The minimum atomic E-state index is -1.21. The van der Waals surface area contributed by atoms with Gasteiger partial charge in [-0.25, -0.2) is 4.79 Å². The van der Waals surface area contributed by atoms with Crippen molar-refractivity contribution in [1.29, 1.82) is 0 Å². The molecule has 106 valence electrons. The van der Waals surface area contributed by atoms with Crippen LogP contribution in [-0.2, 0) is 29.4 Å². The highest BCUT2D eigenvalue weighted by molar-refractivity contribution is 7.83. The lowest BCUT2D eigenvalue weighted by Crippen LogP contribution is -2.09. The molecule has 2 aromatic rings. The van der Waals surface area contributed by atoms with Crippen molar-refractivity contribution in [3.63, 3.8) is 0 Å². The average molecular weight is 313 g/mol. The van der Waals surface area contributed by atoms with Gasteiger partial charge in [0.2, 0.25) is 0 Å². The summed E-state index contributed by atoms with van der Waals surface area (Å²) < 4.78 is 13.6. The van der Waals surface area contributed by atoms with Gasteiger partial charge in [0.25, 0.3) is 0 Å². The molecule has 7 heteroatoms. The largest absolute Gasteiger partial charge is 0.478 e. The lowest BCUT2D eigenvalue weighted by atomic mass is 10.2. The molecule has 2 rings (SSSR count). The van der Waals surface area contributed by atoms with Crippen molar-refractivity contribution in [1.82, 2.24) is 9.78 Å². The van der Waals surface area contributed by atoms with Crippen LogP contribution in [0.2, 0.25) is 5.02 Å². The van der Waals surface area contributed by atoms with Crippen molar-refractivity contribution in [3.05, 3.63) is 52.3 Å². The van der Waals surface area contributed by atoms with Crippen LogP contribution >= 0.6 is 11.6 Å². The molecular weight excluding hydrogens is 300 g/mol. The first-order chi connectivity index (χ1) is 9.47. The highest BCUT2D eigenvalue weighted by Crippen LogP contribution is 2.15. The number of aromatic carboxylic acids is 1. The molecule has 0 spiro atoms. The maximum Gasteiger partial charge on any atom is 0.339 e. The third kappa shape index (κ3) is 3.46. The second kappa shape index (κ2) is 6.19. The van der Waals surface area contributed by atoms with E-state index in [4.69, 9.17) is 16.7 Å². The molecule has 0 radical (unpaired) electrons. The van der Waals surface area contributed by atoms with E-state index < -0.39 is 16.8 Å². The number of carboxylic acid groups (broad SMARTS) is 1. The lowest BCUT2D eigenvalue weighted by molar-refractivity contribution is 0.0696. The molecule has 1 aromatic heterocycles. The monoisotopic (exact) mass is 312 g/mol. The van der Waals surface area contributed by atoms with E-state index in [-0.39, 0.29) is 11.3 Å². The summed E-state index contributed by atoms with van der Waals surface area (Å²) in [5, 5.41) is 13.6. The van der Waals surface area contributed by atoms with Gasteiger partial charge in [-0.2, -0.15) is 5.10 Å². The van der Waals surface area contributed by atoms with Crippen LogP contribution in [0.5, 0.6) is 0 Å². The summed E-state index contributed by atoms with van der Waals surface area (Å²) in [6.45, 7) is 0. The quantitative estimate of drug-likeness (QED) is 0.919. The number of aromatic nitrogens is 2. The lowest BCUT2D eigenvalue weighted by Gasteiger charge is -2.05. The van der Waals surface area contributed by atoms with Crippen LogP contribution in [0.4, 0.5) is 0 Å². The Morgan fingerprint density at radius 3 is 2.60 bits per heavy atom. The fourth-order valence-electron chi connectivity index (χ4n) is 1.78. The van der Waals surface area contributed by atoms with Crippen LogP contribution in [0, 0.1) is 0 Å². The Morgan fingerprint density at radius 1 is 1.35 bits per heavy atom. The summed E-state index contributed by atoms with van der Waals surface area (Å²) in [5.41, 5.74) is 1.45. The molecule has 0 saturated heterocycles. The number of hydrogen-bond acceptors (Lipinski definition) is 3. The van der Waals surface area contributed by atoms with Gasteiger partial charge in [0.1, 0.15) is 5.56 Å². The van der Waals surface area contributed by atoms with E-state index in [0.29, 0.717) is 16.5 Å². The second-order valence-electron chi connectivity index (χ2n) is 4.29. The third-order valence-electron chi connectivity index (χ3n) is 2.83. The van der Waals surface area contributed by atoms with Gasteiger partial charge in [-0.1, -0.05) is 23.7 Å². The standard InChI is InChI=1S/C13H13ClN2O3S/c1-16-12(11(6-15-16)13(17)18)8-20(19)7-9-2-4-10(14)5-3-9/h2-6H,7-8H2,1H3,(H,17,18). The first kappa shape index (κ1) is 14.7. The number of carboxylic acids is 1. The summed E-state index contributed by atoms with van der Waals surface area (Å²) in [7, 11) is 0.429. The summed E-state index contributed by atoms with van der Waals surface area (Å²) in [5.74, 6) is -0.557. The Labute approximate surface area is 123 Å². The maximum atomic E-state index is 12.1. The third-order valence-corrected chi connectivity index (χ3v) is 4.33. The Bertz CT molecular complexity index is 652. The number of hydrogen-bond donors (Lipinski definition) is 1. The Hall–Kier alpha value is -1.66. The Kier molecular flexibility index (Phi) is 4.57. The number of nitrogens with zero attached hydrogens (tertiary/aromatic N) is 2. The predicted molar refractivity (Wildman–Crippen MR) is 77.2 cm³/mol. The molecule has 20 heavy (non-hydrogen) atoms. The van der Waals surface area contributed by atoms with E-state index in [1.807, 2.05) is 12.1 Å². The molecule has 0 aliphatic rings. The summed E-state index contributed by atoms with van der Waals surface area (Å²) in [6.07, 6.45) is 1.27. The first-order valence-corrected chi connectivity index (χ1v) is 7.67. The molecule has 0 aliphatic carbocycles. The average Bonchev–Trinajstić information content (AvgIpc) is 2.74. The summed E-state index contributed by atoms with van der Waals surface area (Å²) in [4.78, 5) is 11.0. The zero-order chi connectivity index (χ0) is 14.7. The molecule has 0 fully saturated rings. The van der Waals surface area contributed by atoms with Crippen molar-refractivity contribution in [2.75, 3.05) is 0 Å². The predicted octanol–water partition coefficient (Wildman–Crippen LogP) is 2.22. The van der Waals surface area contributed by atoms with E-state index in [1.165, 1.54) is 10.9 Å². The SMILES string of the molecule is Cn1ncc(C(=O)O)c1CS(=O)Cc1ccc(Cl)cc1. The summed E-state index contributed by atoms with van der Waals surface area (Å²) >= 11 is 5.79. The normalized spacial score (nSPS) is 12.3. The van der Waals surface area contributed by atoms with Gasteiger partial charge >= 0.3 is 5.97 Å². The molecule has 5 nitrogen and oxygen atoms in total. The van der Waals surface area contributed by atoms with Crippen LogP contribution in [0.1, 0.15) is 21.6 Å². The van der Waals surface area contributed by atoms with Crippen LogP contribution in [-0.4, -0.2) is 25.1 Å². The Balaban J connectivity index is 2.10. The van der Waals surface area contributed by atoms with Crippen LogP contribution < -0.4 is 0 Å². The zero-order valence-electron chi connectivity index (χ0n) is 10.7. The van der Waals surface area contributed by atoms with Crippen molar-refractivity contribution in [2.24, 2.45) is 7.05 Å². The Morgan fingerprint density at radius 2 is 2.00 bits per heavy atom. The summed E-state index contributed by atoms with van der Waals surface area (Å²) in [6, 6.07) is 7.09. The van der Waals surface area contributed by atoms with Crippen LogP contribution in [0.3, 0.4) is 0 Å². The number of aryl methyl sites for hydroxylation is 1. The van der Waals surface area contributed by atoms with Gasteiger partial charge in [-0.05, 0) is 17.7 Å². The van der Waals surface area contributed by atoms with E-state index in [1.54, 1.807) is 19.2 Å². The molecule has 0 amide bonds. The van der Waals surface area contributed by atoms with Gasteiger partial charge in [0.05, 0.1) is 17.6 Å². The molecule has 0 aliphatic heterocycles. The number of rotatable bonds is 5. The van der Waals surface area contributed by atoms with Crippen molar-refractivity contribution in [3.8, 4) is 0 Å². The van der Waals surface area contributed by atoms with Crippen LogP contribution in [0.15, 0.2) is 30.5 Å². The fourth-order valence-corrected chi connectivity index (χ4v) is 3.22. The number of benzene rings is 1. The van der Waals surface area contributed by atoms with E-state index in [0.717, 1.165) is 5.56 Å². The van der Waals surface area contributed by atoms with Gasteiger partial charge in [0.15, 0.2) is 0 Å². The molecule has 1 heterocycles. The first-order valence-electron chi connectivity index (χ1n) is 5.81. The molecule has 1 atom stereocenters. The minimum Gasteiger partial charge on any atom is -0.478 e. The van der Waals surface area contributed by atoms with Gasteiger partial charge in [-0.15, -0.1) is 0 Å². The van der Waals surface area contributed by atoms with E-state index >= 15 is 0 Å². The van der Waals surface area contributed by atoms with Crippen molar-refractivity contribution >= 4 is 28.4 Å². The van der Waals surface area contributed by atoms with Crippen LogP contribution in [0.25, 0.3) is 0 Å². The molecule has 1 N–H and O–H groups in total. The molecule has 1 aromatic carbocycles. The second-order valence-corrected chi connectivity index (χ2v) is 6.18. The maximum absolute atomic E-state index is 12.1. The number of halogens is 1. The minimum absolute atomic E-state index is 0.0944. The molecule has 1 unspecified atom stereocenters. The topological polar surface area (TPSA) is 72.2 Å². The highest BCUT2D eigenvalue weighted by Gasteiger charge is 2.17. The molecular formula is C13H13ClN2O3S. The van der Waals surface area contributed by atoms with E-state index in [9.17, 15) is 9.00 Å². The molecule has 0 bridgehead atoms. The van der Waals surface area contributed by atoms with Gasteiger partial charge < -0.3 is 5.11 Å². The van der Waals surface area contributed by atoms with Crippen molar-refractivity contribution < 1.29 is 14.1 Å². The van der Waals surface area contributed by atoms with Gasteiger partial charge in [-0.3, -0.25) is 8.89 Å². The van der Waals surface area contributed by atoms with Gasteiger partial charge in [0, 0.05) is 28.6 Å².